The molecule has 0 atom stereocenters. The van der Waals surface area contributed by atoms with Gasteiger partial charge in [0.05, 0.1) is 12.2 Å². The molecule has 1 aromatic heterocycles. The molecule has 0 aliphatic carbocycles. The van der Waals surface area contributed by atoms with Crippen molar-refractivity contribution in [3.8, 4) is 22.4 Å². The molecule has 1 aliphatic heterocycles. The van der Waals surface area contributed by atoms with Crippen LogP contribution in [0.5, 0.6) is 0 Å². The minimum Gasteiger partial charge on any atom is -0.334 e. The van der Waals surface area contributed by atoms with Crippen LogP contribution in [0.3, 0.4) is 0 Å². The summed E-state index contributed by atoms with van der Waals surface area (Å²) >= 11 is 0. The molecule has 148 valence electrons. The van der Waals surface area contributed by atoms with Gasteiger partial charge in [-0.1, -0.05) is 77.5 Å². The van der Waals surface area contributed by atoms with E-state index in [9.17, 15) is 4.79 Å². The Balaban J connectivity index is 1.23. The van der Waals surface area contributed by atoms with Gasteiger partial charge >= 0.3 is 0 Å². The zero-order chi connectivity index (χ0) is 20.5. The third kappa shape index (κ3) is 3.50. The van der Waals surface area contributed by atoms with Crippen molar-refractivity contribution in [3.05, 3.63) is 96.2 Å². The highest BCUT2D eigenvalue weighted by atomic mass is 16.2. The lowest BCUT2D eigenvalue weighted by Crippen LogP contribution is -2.50. The second kappa shape index (κ2) is 7.59. The standard InChI is InChI=1S/C25H22N4O/c1-18-7-9-19(10-8-18)20-11-13-22(14-12-20)25(30)28-15-23(16-28)29-17-24(26-27-29)21-5-3-2-4-6-21/h2-14,17,23H,15-16H2,1H3. The van der Waals surface area contributed by atoms with E-state index >= 15 is 0 Å². The van der Waals surface area contributed by atoms with Crippen molar-refractivity contribution >= 4 is 5.91 Å². The van der Waals surface area contributed by atoms with Crippen LogP contribution in [0.4, 0.5) is 0 Å². The fraction of sp³-hybridized carbons (Fsp3) is 0.160. The van der Waals surface area contributed by atoms with Crippen molar-refractivity contribution in [3.63, 3.8) is 0 Å². The van der Waals surface area contributed by atoms with E-state index in [0.717, 1.165) is 22.4 Å². The summed E-state index contributed by atoms with van der Waals surface area (Å²) in [6.07, 6.45) is 1.96. The smallest absolute Gasteiger partial charge is 0.253 e. The molecular formula is C25H22N4O. The molecule has 0 N–H and O–H groups in total. The zero-order valence-electron chi connectivity index (χ0n) is 16.8. The van der Waals surface area contributed by atoms with Crippen molar-refractivity contribution in [1.29, 1.82) is 0 Å². The monoisotopic (exact) mass is 394 g/mol. The number of carbonyl (C=O) groups excluding carboxylic acids is 1. The topological polar surface area (TPSA) is 51.0 Å². The number of amides is 1. The highest BCUT2D eigenvalue weighted by Crippen LogP contribution is 2.26. The van der Waals surface area contributed by atoms with Gasteiger partial charge in [0, 0.05) is 24.2 Å². The Morgan fingerprint density at radius 3 is 2.13 bits per heavy atom. The Morgan fingerprint density at radius 1 is 0.833 bits per heavy atom. The van der Waals surface area contributed by atoms with Crippen molar-refractivity contribution < 1.29 is 4.79 Å². The molecule has 0 saturated carbocycles. The summed E-state index contributed by atoms with van der Waals surface area (Å²) in [5.41, 5.74) is 6.12. The fourth-order valence-electron chi connectivity index (χ4n) is 3.72. The van der Waals surface area contributed by atoms with Crippen LogP contribution < -0.4 is 0 Å². The normalized spacial score (nSPS) is 13.8. The van der Waals surface area contributed by atoms with Crippen LogP contribution in [-0.4, -0.2) is 38.9 Å². The fourth-order valence-corrected chi connectivity index (χ4v) is 3.72. The van der Waals surface area contributed by atoms with Crippen LogP contribution in [0.25, 0.3) is 22.4 Å². The van der Waals surface area contributed by atoms with Gasteiger partial charge in [-0.25, -0.2) is 4.68 Å². The van der Waals surface area contributed by atoms with E-state index in [1.165, 1.54) is 5.56 Å². The van der Waals surface area contributed by atoms with Gasteiger partial charge in [0.25, 0.3) is 5.91 Å². The summed E-state index contributed by atoms with van der Waals surface area (Å²) < 4.78 is 1.87. The van der Waals surface area contributed by atoms with Gasteiger partial charge < -0.3 is 4.90 Å². The SMILES string of the molecule is Cc1ccc(-c2ccc(C(=O)N3CC(n4cc(-c5ccccc5)nn4)C3)cc2)cc1. The second-order valence-corrected chi connectivity index (χ2v) is 7.76. The van der Waals surface area contributed by atoms with E-state index in [2.05, 4.69) is 41.5 Å². The van der Waals surface area contributed by atoms with Gasteiger partial charge in [-0.15, -0.1) is 5.10 Å². The maximum absolute atomic E-state index is 12.8. The molecule has 0 spiro atoms. The molecule has 30 heavy (non-hydrogen) atoms. The molecule has 4 aromatic rings. The Morgan fingerprint density at radius 2 is 1.47 bits per heavy atom. The Bertz CT molecular complexity index is 1160. The summed E-state index contributed by atoms with van der Waals surface area (Å²) in [6.45, 7) is 3.37. The third-order valence-corrected chi connectivity index (χ3v) is 5.62. The van der Waals surface area contributed by atoms with Crippen molar-refractivity contribution in [2.75, 3.05) is 13.1 Å². The lowest BCUT2D eigenvalue weighted by atomic mass is 10.0. The first-order valence-electron chi connectivity index (χ1n) is 10.1. The van der Waals surface area contributed by atoms with E-state index < -0.39 is 0 Å². The first-order valence-corrected chi connectivity index (χ1v) is 10.1. The molecule has 1 fully saturated rings. The second-order valence-electron chi connectivity index (χ2n) is 7.76. The van der Waals surface area contributed by atoms with Gasteiger partial charge in [-0.2, -0.15) is 0 Å². The van der Waals surface area contributed by atoms with Crippen molar-refractivity contribution in [1.82, 2.24) is 19.9 Å². The largest absolute Gasteiger partial charge is 0.334 e. The van der Waals surface area contributed by atoms with Crippen LogP contribution in [-0.2, 0) is 0 Å². The highest BCUT2D eigenvalue weighted by molar-refractivity contribution is 5.95. The number of aryl methyl sites for hydroxylation is 1. The lowest BCUT2D eigenvalue weighted by molar-refractivity contribution is 0.0498. The van der Waals surface area contributed by atoms with E-state index in [1.54, 1.807) is 0 Å². The number of likely N-dealkylation sites (tertiary alicyclic amines) is 1. The molecule has 5 nitrogen and oxygen atoms in total. The molecule has 3 aromatic carbocycles. The number of hydrogen-bond donors (Lipinski definition) is 0. The van der Waals surface area contributed by atoms with Gasteiger partial charge in [0.15, 0.2) is 0 Å². The Hall–Kier alpha value is -3.73. The maximum atomic E-state index is 12.8. The molecular weight excluding hydrogens is 372 g/mol. The molecule has 1 amide bonds. The summed E-state index contributed by atoms with van der Waals surface area (Å²) in [7, 11) is 0. The van der Waals surface area contributed by atoms with Crippen molar-refractivity contribution in [2.24, 2.45) is 0 Å². The van der Waals surface area contributed by atoms with Crippen LogP contribution in [0.15, 0.2) is 85.1 Å². The van der Waals surface area contributed by atoms with E-state index in [4.69, 9.17) is 0 Å². The quantitative estimate of drug-likeness (QED) is 0.508. The van der Waals surface area contributed by atoms with Crippen LogP contribution >= 0.6 is 0 Å². The number of aromatic nitrogens is 3. The van der Waals surface area contributed by atoms with Gasteiger partial charge in [-0.3, -0.25) is 4.79 Å². The van der Waals surface area contributed by atoms with Crippen molar-refractivity contribution in [2.45, 2.75) is 13.0 Å². The maximum Gasteiger partial charge on any atom is 0.253 e. The van der Waals surface area contributed by atoms with E-state index in [1.807, 2.05) is 70.4 Å². The van der Waals surface area contributed by atoms with Gasteiger partial charge in [0.1, 0.15) is 5.69 Å². The predicted octanol–water partition coefficient (Wildman–Crippen LogP) is 4.62. The third-order valence-electron chi connectivity index (χ3n) is 5.62. The molecule has 0 bridgehead atoms. The number of rotatable bonds is 4. The number of benzene rings is 3. The first kappa shape index (κ1) is 18.3. The summed E-state index contributed by atoms with van der Waals surface area (Å²) in [5.74, 6) is 0.0603. The molecule has 5 heteroatoms. The highest BCUT2D eigenvalue weighted by Gasteiger charge is 2.33. The van der Waals surface area contributed by atoms with E-state index in [-0.39, 0.29) is 11.9 Å². The minimum atomic E-state index is 0.0603. The summed E-state index contributed by atoms with van der Waals surface area (Å²) in [5, 5.41) is 8.53. The lowest BCUT2D eigenvalue weighted by Gasteiger charge is -2.38. The van der Waals surface area contributed by atoms with Crippen LogP contribution in [0, 0.1) is 6.92 Å². The average Bonchev–Trinajstić information content (AvgIpc) is 3.24. The summed E-state index contributed by atoms with van der Waals surface area (Å²) in [4.78, 5) is 14.7. The average molecular weight is 394 g/mol. The Labute approximate surface area is 175 Å². The Kier molecular flexibility index (Phi) is 4.64. The van der Waals surface area contributed by atoms with Crippen LogP contribution in [0.1, 0.15) is 22.0 Å². The zero-order valence-corrected chi connectivity index (χ0v) is 16.8. The first-order chi connectivity index (χ1) is 14.7. The molecule has 0 radical (unpaired) electrons. The molecule has 2 heterocycles. The van der Waals surface area contributed by atoms with Gasteiger partial charge in [-0.05, 0) is 30.2 Å². The summed E-state index contributed by atoms with van der Waals surface area (Å²) in [6, 6.07) is 26.4. The molecule has 0 unspecified atom stereocenters. The number of carbonyl (C=O) groups is 1. The van der Waals surface area contributed by atoms with Crippen LogP contribution in [0.2, 0.25) is 0 Å². The molecule has 1 aliphatic rings. The molecule has 1 saturated heterocycles. The van der Waals surface area contributed by atoms with E-state index in [0.29, 0.717) is 18.7 Å². The number of nitrogens with zero attached hydrogens (tertiary/aromatic N) is 4. The minimum absolute atomic E-state index is 0.0603. The predicted molar refractivity (Wildman–Crippen MR) is 117 cm³/mol. The number of hydrogen-bond acceptors (Lipinski definition) is 3. The molecule has 5 rings (SSSR count). The van der Waals surface area contributed by atoms with Gasteiger partial charge in [0.2, 0.25) is 0 Å².